The summed E-state index contributed by atoms with van der Waals surface area (Å²) in [5.74, 6) is 1.16. The fourth-order valence-electron chi connectivity index (χ4n) is 4.84. The zero-order chi connectivity index (χ0) is 15.9. The summed E-state index contributed by atoms with van der Waals surface area (Å²) in [6, 6.07) is 0.957. The molecule has 0 unspecified atom stereocenters. The van der Waals surface area contributed by atoms with Crippen LogP contribution in [0.25, 0.3) is 0 Å². The molecule has 2 saturated heterocycles. The van der Waals surface area contributed by atoms with E-state index in [0.29, 0.717) is 18.4 Å². The van der Waals surface area contributed by atoms with Crippen molar-refractivity contribution < 1.29 is 13.2 Å². The number of piperidine rings is 1. The van der Waals surface area contributed by atoms with E-state index in [1.807, 2.05) is 0 Å². The van der Waals surface area contributed by atoms with Crippen LogP contribution in [-0.2, 0) is 14.8 Å². The van der Waals surface area contributed by atoms with Crippen LogP contribution in [0.2, 0.25) is 0 Å². The van der Waals surface area contributed by atoms with E-state index in [0.717, 1.165) is 38.4 Å². The Kier molecular flexibility index (Phi) is 4.69. The van der Waals surface area contributed by atoms with Crippen molar-refractivity contribution in [1.82, 2.24) is 9.62 Å². The van der Waals surface area contributed by atoms with Crippen LogP contribution in [0.5, 0.6) is 0 Å². The molecule has 0 aromatic rings. The maximum atomic E-state index is 12.6. The molecule has 0 amide bonds. The second-order valence-corrected chi connectivity index (χ2v) is 9.85. The Bertz CT molecular complexity index is 500. The van der Waals surface area contributed by atoms with Gasteiger partial charge < -0.3 is 4.74 Å². The van der Waals surface area contributed by atoms with Gasteiger partial charge >= 0.3 is 0 Å². The molecule has 6 heteroatoms. The van der Waals surface area contributed by atoms with Crippen molar-refractivity contribution in [2.24, 2.45) is 11.8 Å². The highest BCUT2D eigenvalue weighted by Gasteiger charge is 2.44. The SMILES string of the molecule is O=S(=O)(C[C@H]1CCCCO1)NC1[C@H]2CCC[C@H]1CN(C1CC1)C2. The Balaban J connectivity index is 1.38. The monoisotopic (exact) mass is 342 g/mol. The van der Waals surface area contributed by atoms with Gasteiger partial charge in [0.05, 0.1) is 11.9 Å². The lowest BCUT2D eigenvalue weighted by Crippen LogP contribution is -2.59. The number of likely N-dealkylation sites (tertiary alicyclic amines) is 1. The van der Waals surface area contributed by atoms with Crippen LogP contribution in [0.15, 0.2) is 0 Å². The summed E-state index contributed by atoms with van der Waals surface area (Å²) in [6.07, 6.45) is 9.22. The van der Waals surface area contributed by atoms with Crippen molar-refractivity contribution >= 4 is 10.0 Å². The number of hydrogen-bond donors (Lipinski definition) is 1. The van der Waals surface area contributed by atoms with Gasteiger partial charge in [0.15, 0.2) is 0 Å². The van der Waals surface area contributed by atoms with E-state index >= 15 is 0 Å². The molecule has 2 bridgehead atoms. The van der Waals surface area contributed by atoms with Crippen molar-refractivity contribution in [3.8, 4) is 0 Å². The molecular weight excluding hydrogens is 312 g/mol. The number of hydrogen-bond acceptors (Lipinski definition) is 4. The van der Waals surface area contributed by atoms with Crippen LogP contribution in [0.4, 0.5) is 0 Å². The van der Waals surface area contributed by atoms with E-state index in [4.69, 9.17) is 4.74 Å². The number of fused-ring (bicyclic) bond motifs is 2. The van der Waals surface area contributed by atoms with Gasteiger partial charge in [0.25, 0.3) is 0 Å². The molecular formula is C17H30N2O3S. The second kappa shape index (κ2) is 6.62. The molecule has 0 aromatic carbocycles. The topological polar surface area (TPSA) is 58.6 Å². The Morgan fingerprint density at radius 1 is 0.957 bits per heavy atom. The molecule has 2 heterocycles. The standard InChI is InChI=1S/C17H30N2O3S/c20-23(21,12-16-6-1-2-9-22-16)18-17-13-4-3-5-14(17)11-19(10-13)15-7-8-15/h13-18H,1-12H2/t13-,14-,16+/m0/s1. The van der Waals surface area contributed by atoms with Gasteiger partial charge in [-0.2, -0.15) is 0 Å². The summed E-state index contributed by atoms with van der Waals surface area (Å²) in [6.45, 7) is 2.90. The molecule has 1 N–H and O–H groups in total. The van der Waals surface area contributed by atoms with Crippen LogP contribution in [0, 0.1) is 11.8 Å². The summed E-state index contributed by atoms with van der Waals surface area (Å²) >= 11 is 0. The van der Waals surface area contributed by atoms with Gasteiger partial charge in [-0.05, 0) is 56.8 Å². The molecule has 2 aliphatic heterocycles. The third-order valence-electron chi connectivity index (χ3n) is 6.16. The third kappa shape index (κ3) is 3.91. The van der Waals surface area contributed by atoms with Gasteiger partial charge in [-0.1, -0.05) is 6.42 Å². The second-order valence-electron chi connectivity index (χ2n) is 8.05. The van der Waals surface area contributed by atoms with Gasteiger partial charge in [-0.15, -0.1) is 0 Å². The predicted molar refractivity (Wildman–Crippen MR) is 89.7 cm³/mol. The lowest BCUT2D eigenvalue weighted by Gasteiger charge is -2.47. The Morgan fingerprint density at radius 2 is 1.70 bits per heavy atom. The average molecular weight is 343 g/mol. The summed E-state index contributed by atoms with van der Waals surface area (Å²) in [5.41, 5.74) is 0. The number of sulfonamides is 1. The van der Waals surface area contributed by atoms with E-state index in [1.54, 1.807) is 0 Å². The highest BCUT2D eigenvalue weighted by molar-refractivity contribution is 7.89. The minimum Gasteiger partial charge on any atom is -0.377 e. The normalized spacial score (nSPS) is 39.3. The van der Waals surface area contributed by atoms with Crippen molar-refractivity contribution in [2.75, 3.05) is 25.4 Å². The number of nitrogens with zero attached hydrogens (tertiary/aromatic N) is 1. The fraction of sp³-hybridized carbons (Fsp3) is 1.00. The van der Waals surface area contributed by atoms with E-state index in [2.05, 4.69) is 9.62 Å². The molecule has 23 heavy (non-hydrogen) atoms. The van der Waals surface area contributed by atoms with Gasteiger partial charge in [0, 0.05) is 31.8 Å². The first-order valence-corrected chi connectivity index (χ1v) is 11.1. The summed E-state index contributed by atoms with van der Waals surface area (Å²) in [4.78, 5) is 2.63. The molecule has 4 fully saturated rings. The predicted octanol–water partition coefficient (Wildman–Crippen LogP) is 1.74. The van der Waals surface area contributed by atoms with Crippen molar-refractivity contribution in [3.63, 3.8) is 0 Å². The molecule has 2 aliphatic carbocycles. The van der Waals surface area contributed by atoms with Crippen LogP contribution in [0.3, 0.4) is 0 Å². The Labute approximate surface area is 140 Å². The van der Waals surface area contributed by atoms with Crippen LogP contribution < -0.4 is 4.72 Å². The van der Waals surface area contributed by atoms with Crippen molar-refractivity contribution in [1.29, 1.82) is 0 Å². The van der Waals surface area contributed by atoms with Crippen LogP contribution >= 0.6 is 0 Å². The van der Waals surface area contributed by atoms with Gasteiger partial charge in [0.1, 0.15) is 0 Å². The van der Waals surface area contributed by atoms with E-state index < -0.39 is 10.0 Å². The average Bonchev–Trinajstić information content (AvgIpc) is 3.31. The molecule has 3 atom stereocenters. The van der Waals surface area contributed by atoms with Crippen LogP contribution in [-0.4, -0.2) is 57.0 Å². The quantitative estimate of drug-likeness (QED) is 0.827. The Hall–Kier alpha value is -0.170. The highest BCUT2D eigenvalue weighted by Crippen LogP contribution is 2.39. The third-order valence-corrected chi connectivity index (χ3v) is 7.60. The molecule has 132 valence electrons. The van der Waals surface area contributed by atoms with Gasteiger partial charge in [-0.3, -0.25) is 4.90 Å². The Morgan fingerprint density at radius 3 is 2.30 bits per heavy atom. The largest absolute Gasteiger partial charge is 0.377 e. The first-order valence-electron chi connectivity index (χ1n) is 9.46. The maximum absolute atomic E-state index is 12.6. The lowest BCUT2D eigenvalue weighted by atomic mass is 9.74. The fourth-order valence-corrected chi connectivity index (χ4v) is 6.49. The van der Waals surface area contributed by atoms with Crippen molar-refractivity contribution in [2.45, 2.75) is 69.6 Å². The molecule has 4 aliphatic rings. The van der Waals surface area contributed by atoms with Gasteiger partial charge in [0.2, 0.25) is 10.0 Å². The number of ether oxygens (including phenoxy) is 1. The zero-order valence-electron chi connectivity index (χ0n) is 14.0. The maximum Gasteiger partial charge on any atom is 0.214 e. The molecule has 0 radical (unpaired) electrons. The number of rotatable bonds is 5. The first-order chi connectivity index (χ1) is 11.1. The summed E-state index contributed by atoms with van der Waals surface area (Å²) in [7, 11) is -3.24. The molecule has 4 rings (SSSR count). The summed E-state index contributed by atoms with van der Waals surface area (Å²) in [5, 5.41) is 0. The van der Waals surface area contributed by atoms with Crippen LogP contribution in [0.1, 0.15) is 51.4 Å². The van der Waals surface area contributed by atoms with Gasteiger partial charge in [-0.25, -0.2) is 13.1 Å². The first kappa shape index (κ1) is 16.3. The zero-order valence-corrected chi connectivity index (χ0v) is 14.8. The highest BCUT2D eigenvalue weighted by atomic mass is 32.2. The molecule has 2 saturated carbocycles. The summed E-state index contributed by atoms with van der Waals surface area (Å²) < 4.78 is 34.0. The molecule has 0 aromatic heterocycles. The number of nitrogens with one attached hydrogen (secondary N) is 1. The minimum absolute atomic E-state index is 0.104. The lowest BCUT2D eigenvalue weighted by molar-refractivity contribution is 0.0294. The smallest absolute Gasteiger partial charge is 0.214 e. The van der Waals surface area contributed by atoms with E-state index in [9.17, 15) is 8.42 Å². The molecule has 5 nitrogen and oxygen atoms in total. The molecule has 0 spiro atoms. The minimum atomic E-state index is -3.24. The van der Waals surface area contributed by atoms with Crippen molar-refractivity contribution in [3.05, 3.63) is 0 Å². The van der Waals surface area contributed by atoms with E-state index in [1.165, 1.54) is 32.1 Å². The van der Waals surface area contributed by atoms with E-state index in [-0.39, 0.29) is 17.9 Å².